The summed E-state index contributed by atoms with van der Waals surface area (Å²) in [6, 6.07) is 7.10. The molecule has 27 heavy (non-hydrogen) atoms. The van der Waals surface area contributed by atoms with Crippen molar-refractivity contribution in [3.05, 3.63) is 29.3 Å². The number of nitrogens with one attached hydrogen (secondary N) is 1. The summed E-state index contributed by atoms with van der Waals surface area (Å²) in [4.78, 5) is 42.2. The Bertz CT molecular complexity index is 846. The van der Waals surface area contributed by atoms with Crippen molar-refractivity contribution in [2.75, 3.05) is 6.54 Å². The number of esters is 1. The Morgan fingerprint density at radius 2 is 2.07 bits per heavy atom. The van der Waals surface area contributed by atoms with E-state index in [-0.39, 0.29) is 12.5 Å². The van der Waals surface area contributed by atoms with Gasteiger partial charge in [0.05, 0.1) is 10.2 Å². The molecular formula is C19H23N3O4S. The van der Waals surface area contributed by atoms with E-state index in [1.54, 1.807) is 6.92 Å². The molecule has 1 aromatic carbocycles. The third-order valence-corrected chi connectivity index (χ3v) is 5.56. The number of urea groups is 1. The Morgan fingerprint density at radius 1 is 1.33 bits per heavy atom. The molecule has 0 bridgehead atoms. The summed E-state index contributed by atoms with van der Waals surface area (Å²) < 4.78 is 6.23. The van der Waals surface area contributed by atoms with Crippen molar-refractivity contribution in [1.29, 1.82) is 0 Å². The van der Waals surface area contributed by atoms with E-state index >= 15 is 0 Å². The smallest absolute Gasteiger partial charge is 0.326 e. The van der Waals surface area contributed by atoms with E-state index in [1.165, 1.54) is 11.3 Å². The fourth-order valence-corrected chi connectivity index (χ4v) is 3.82. The molecule has 1 aliphatic heterocycles. The predicted molar refractivity (Wildman–Crippen MR) is 102 cm³/mol. The van der Waals surface area contributed by atoms with Crippen LogP contribution in [0.25, 0.3) is 10.2 Å². The molecule has 0 radical (unpaired) electrons. The average Bonchev–Trinajstić information content (AvgIpc) is 3.13. The lowest BCUT2D eigenvalue weighted by atomic mass is 9.92. The van der Waals surface area contributed by atoms with Gasteiger partial charge in [0, 0.05) is 0 Å². The number of benzene rings is 1. The van der Waals surface area contributed by atoms with Gasteiger partial charge in [0.15, 0.2) is 0 Å². The van der Waals surface area contributed by atoms with Crippen molar-refractivity contribution in [2.24, 2.45) is 5.92 Å². The molecule has 1 N–H and O–H groups in total. The first-order chi connectivity index (χ1) is 12.8. The van der Waals surface area contributed by atoms with Crippen LogP contribution < -0.4 is 5.32 Å². The molecule has 3 amide bonds. The summed E-state index contributed by atoms with van der Waals surface area (Å²) in [5, 5.41) is 3.37. The lowest BCUT2D eigenvalue weighted by molar-refractivity contribution is -0.148. The van der Waals surface area contributed by atoms with Gasteiger partial charge in [0.2, 0.25) is 0 Å². The van der Waals surface area contributed by atoms with Crippen molar-refractivity contribution >= 4 is 39.5 Å². The number of imide groups is 1. The predicted octanol–water partition coefficient (Wildman–Crippen LogP) is 3.09. The molecule has 0 spiro atoms. The van der Waals surface area contributed by atoms with Crippen LogP contribution in [-0.4, -0.2) is 39.9 Å². The molecule has 2 heterocycles. The fourth-order valence-electron chi connectivity index (χ4n) is 2.94. The number of hydrogen-bond acceptors (Lipinski definition) is 6. The molecule has 1 atom stereocenters. The Labute approximate surface area is 161 Å². The molecule has 1 fully saturated rings. The van der Waals surface area contributed by atoms with E-state index in [2.05, 4.69) is 24.1 Å². The lowest BCUT2D eigenvalue weighted by Gasteiger charge is -2.22. The van der Waals surface area contributed by atoms with Gasteiger partial charge in [-0.3, -0.25) is 14.5 Å². The first-order valence-corrected chi connectivity index (χ1v) is 9.74. The van der Waals surface area contributed by atoms with Gasteiger partial charge in [-0.25, -0.2) is 9.78 Å². The summed E-state index contributed by atoms with van der Waals surface area (Å²) in [5.41, 5.74) is -0.113. The molecule has 0 aliphatic carbocycles. The van der Waals surface area contributed by atoms with Crippen LogP contribution in [0.1, 0.15) is 38.6 Å². The molecule has 7 nitrogen and oxygen atoms in total. The van der Waals surface area contributed by atoms with Gasteiger partial charge >= 0.3 is 12.0 Å². The van der Waals surface area contributed by atoms with Crippen LogP contribution in [0.3, 0.4) is 0 Å². The number of hydrogen-bond donors (Lipinski definition) is 1. The number of carbonyl (C=O) groups is 3. The highest BCUT2D eigenvalue weighted by Crippen LogP contribution is 2.25. The molecule has 0 unspecified atom stereocenters. The Morgan fingerprint density at radius 3 is 2.78 bits per heavy atom. The normalized spacial score (nSPS) is 19.8. The van der Waals surface area contributed by atoms with Crippen molar-refractivity contribution in [3.63, 3.8) is 0 Å². The summed E-state index contributed by atoms with van der Waals surface area (Å²) in [5.74, 6) is -0.602. The van der Waals surface area contributed by atoms with Crippen LogP contribution in [0, 0.1) is 5.92 Å². The fraction of sp³-hybridized carbons (Fsp3) is 0.474. The minimum absolute atomic E-state index is 0.0203. The minimum Gasteiger partial charge on any atom is -0.457 e. The molecule has 1 saturated heterocycles. The molecule has 0 saturated carbocycles. The standard InChI is InChI=1S/C19H23N3O4S/c1-12(2)8-9-19(3)17(24)22(18(25)21-19)10-16(23)26-11-15-20-13-6-4-5-7-14(13)27-15/h4-7,12H,8-11H2,1-3H3,(H,21,25)/t19-/m0/s1. The number of para-hydroxylation sites is 1. The molecular weight excluding hydrogens is 366 g/mol. The number of nitrogens with zero attached hydrogens (tertiary/aromatic N) is 2. The number of aromatic nitrogens is 1. The topological polar surface area (TPSA) is 88.6 Å². The first-order valence-electron chi connectivity index (χ1n) is 8.93. The molecule has 3 rings (SSSR count). The van der Waals surface area contributed by atoms with Gasteiger partial charge in [0.1, 0.15) is 23.7 Å². The van der Waals surface area contributed by atoms with Crippen LogP contribution in [-0.2, 0) is 20.9 Å². The zero-order valence-electron chi connectivity index (χ0n) is 15.7. The highest BCUT2D eigenvalue weighted by molar-refractivity contribution is 7.18. The molecule has 1 aromatic heterocycles. The zero-order valence-corrected chi connectivity index (χ0v) is 16.5. The van der Waals surface area contributed by atoms with Gasteiger partial charge in [-0.15, -0.1) is 11.3 Å². The second-order valence-corrected chi connectivity index (χ2v) is 8.44. The van der Waals surface area contributed by atoms with E-state index in [9.17, 15) is 14.4 Å². The second-order valence-electron chi connectivity index (χ2n) is 7.32. The van der Waals surface area contributed by atoms with Crippen LogP contribution >= 0.6 is 11.3 Å². The summed E-state index contributed by atoms with van der Waals surface area (Å²) >= 11 is 1.44. The first kappa shape index (κ1) is 19.3. The number of ether oxygens (including phenoxy) is 1. The highest BCUT2D eigenvalue weighted by Gasteiger charge is 2.48. The quantitative estimate of drug-likeness (QED) is 0.581. The molecule has 1 aliphatic rings. The SMILES string of the molecule is CC(C)CC[C@]1(C)NC(=O)N(CC(=O)OCc2nc3ccccc3s2)C1=O. The number of carbonyl (C=O) groups excluding carboxylic acids is 3. The van der Waals surface area contributed by atoms with Crippen LogP contribution in [0.4, 0.5) is 4.79 Å². The van der Waals surface area contributed by atoms with Gasteiger partial charge in [-0.2, -0.15) is 0 Å². The maximum absolute atomic E-state index is 12.6. The van der Waals surface area contributed by atoms with Crippen molar-refractivity contribution in [1.82, 2.24) is 15.2 Å². The minimum atomic E-state index is -0.964. The van der Waals surface area contributed by atoms with Crippen molar-refractivity contribution in [3.8, 4) is 0 Å². The molecule has 144 valence electrons. The number of fused-ring (bicyclic) bond motifs is 1. The van der Waals surface area contributed by atoms with Crippen molar-refractivity contribution in [2.45, 2.75) is 45.8 Å². The van der Waals surface area contributed by atoms with E-state index in [4.69, 9.17) is 4.74 Å². The van der Waals surface area contributed by atoms with Gasteiger partial charge < -0.3 is 10.1 Å². The Kier molecular flexibility index (Phi) is 5.46. The second kappa shape index (κ2) is 7.64. The molecule has 2 aromatic rings. The maximum Gasteiger partial charge on any atom is 0.326 e. The summed E-state index contributed by atoms with van der Waals surface area (Å²) in [6.07, 6.45) is 1.34. The summed E-state index contributed by atoms with van der Waals surface area (Å²) in [7, 11) is 0. The summed E-state index contributed by atoms with van der Waals surface area (Å²) in [6.45, 7) is 5.44. The third-order valence-electron chi connectivity index (χ3n) is 4.55. The van der Waals surface area contributed by atoms with Crippen LogP contribution in [0.2, 0.25) is 0 Å². The van der Waals surface area contributed by atoms with Crippen molar-refractivity contribution < 1.29 is 19.1 Å². The highest BCUT2D eigenvalue weighted by atomic mass is 32.1. The molecule has 8 heteroatoms. The number of thiazole rings is 1. The van der Waals surface area contributed by atoms with E-state index in [0.29, 0.717) is 17.3 Å². The zero-order chi connectivity index (χ0) is 19.6. The average molecular weight is 389 g/mol. The largest absolute Gasteiger partial charge is 0.457 e. The number of amides is 3. The van der Waals surface area contributed by atoms with Crippen LogP contribution in [0.5, 0.6) is 0 Å². The number of rotatable bonds is 7. The van der Waals surface area contributed by atoms with E-state index in [1.807, 2.05) is 24.3 Å². The Hall–Kier alpha value is -2.48. The van der Waals surface area contributed by atoms with Gasteiger partial charge in [-0.05, 0) is 37.8 Å². The monoisotopic (exact) mass is 389 g/mol. The third kappa shape index (κ3) is 4.27. The van der Waals surface area contributed by atoms with Gasteiger partial charge in [0.25, 0.3) is 5.91 Å². The maximum atomic E-state index is 12.6. The van der Waals surface area contributed by atoms with E-state index in [0.717, 1.165) is 21.5 Å². The lowest BCUT2D eigenvalue weighted by Crippen LogP contribution is -2.44. The van der Waals surface area contributed by atoms with E-state index < -0.39 is 24.1 Å². The Balaban J connectivity index is 1.57. The van der Waals surface area contributed by atoms with Gasteiger partial charge in [-0.1, -0.05) is 26.0 Å². The van der Waals surface area contributed by atoms with Crippen LogP contribution in [0.15, 0.2) is 24.3 Å².